The van der Waals surface area contributed by atoms with Gasteiger partial charge in [0, 0.05) is 6.20 Å². The molecule has 0 amide bonds. The maximum Gasteiger partial charge on any atom is 0.358 e. The van der Waals surface area contributed by atoms with E-state index in [1.807, 2.05) is 0 Å². The van der Waals surface area contributed by atoms with E-state index in [9.17, 15) is 4.79 Å². The number of nitrogens with zero attached hydrogens (tertiary/aromatic N) is 2. The molecule has 14 heavy (non-hydrogen) atoms. The van der Waals surface area contributed by atoms with E-state index in [0.717, 1.165) is 5.56 Å². The predicted octanol–water partition coefficient (Wildman–Crippen LogP) is 1.91. The lowest BCUT2D eigenvalue weighted by atomic mass is 10.2. The second kappa shape index (κ2) is 4.60. The number of isothiocyanates is 1. The van der Waals surface area contributed by atoms with Gasteiger partial charge in [0.25, 0.3) is 0 Å². The maximum absolute atomic E-state index is 11.3. The van der Waals surface area contributed by atoms with Gasteiger partial charge in [-0.3, -0.25) is 0 Å². The van der Waals surface area contributed by atoms with Gasteiger partial charge in [0.1, 0.15) is 5.69 Å². The molecule has 0 radical (unpaired) electrons. The monoisotopic (exact) mass is 208 g/mol. The summed E-state index contributed by atoms with van der Waals surface area (Å²) < 4.78 is 4.56. The van der Waals surface area contributed by atoms with Crippen LogP contribution >= 0.6 is 12.2 Å². The van der Waals surface area contributed by atoms with Crippen LogP contribution in [0.15, 0.2) is 17.3 Å². The number of methoxy groups -OCH3 is 1. The molecule has 72 valence electrons. The largest absolute Gasteiger partial charge is 0.464 e. The van der Waals surface area contributed by atoms with E-state index in [1.165, 1.54) is 13.3 Å². The number of esters is 1. The number of thiocarbonyl (C=S) groups is 1. The summed E-state index contributed by atoms with van der Waals surface area (Å²) in [7, 11) is 1.29. The molecule has 1 aromatic heterocycles. The van der Waals surface area contributed by atoms with Crippen molar-refractivity contribution in [1.82, 2.24) is 4.98 Å². The third-order valence-corrected chi connectivity index (χ3v) is 1.75. The van der Waals surface area contributed by atoms with E-state index in [0.29, 0.717) is 5.69 Å². The average molecular weight is 208 g/mol. The zero-order valence-electron chi connectivity index (χ0n) is 7.77. The fraction of sp³-hybridized carbons (Fsp3) is 0.222. The smallest absolute Gasteiger partial charge is 0.358 e. The summed E-state index contributed by atoms with van der Waals surface area (Å²) in [6.07, 6.45) is 1.52. The van der Waals surface area contributed by atoms with Crippen LogP contribution in [0.3, 0.4) is 0 Å². The van der Waals surface area contributed by atoms with Crippen LogP contribution in [-0.2, 0) is 4.74 Å². The minimum absolute atomic E-state index is 0.157. The van der Waals surface area contributed by atoms with Gasteiger partial charge >= 0.3 is 5.97 Å². The highest BCUT2D eigenvalue weighted by atomic mass is 32.1. The third kappa shape index (κ3) is 2.02. The normalized spacial score (nSPS) is 9.00. The summed E-state index contributed by atoms with van der Waals surface area (Å²) in [4.78, 5) is 18.9. The van der Waals surface area contributed by atoms with Crippen LogP contribution in [0.1, 0.15) is 16.1 Å². The topological polar surface area (TPSA) is 51.5 Å². The molecule has 0 aliphatic carbocycles. The molecule has 0 N–H and O–H groups in total. The van der Waals surface area contributed by atoms with Crippen molar-refractivity contribution in [2.24, 2.45) is 4.99 Å². The van der Waals surface area contributed by atoms with Gasteiger partial charge < -0.3 is 4.74 Å². The highest BCUT2D eigenvalue weighted by molar-refractivity contribution is 7.78. The molecule has 0 atom stereocenters. The first-order valence-corrected chi connectivity index (χ1v) is 4.23. The number of hydrogen-bond donors (Lipinski definition) is 0. The molecule has 1 rings (SSSR count). The summed E-state index contributed by atoms with van der Waals surface area (Å²) in [6, 6.07) is 1.73. The van der Waals surface area contributed by atoms with E-state index >= 15 is 0 Å². The summed E-state index contributed by atoms with van der Waals surface area (Å²) in [5.74, 6) is -0.530. The van der Waals surface area contributed by atoms with Gasteiger partial charge in [0.15, 0.2) is 5.69 Å². The average Bonchev–Trinajstić information content (AvgIpc) is 2.20. The lowest BCUT2D eigenvalue weighted by molar-refractivity contribution is 0.0595. The number of rotatable bonds is 2. The van der Waals surface area contributed by atoms with Gasteiger partial charge in [0.05, 0.1) is 12.3 Å². The number of aryl methyl sites for hydroxylation is 1. The van der Waals surface area contributed by atoms with Crippen molar-refractivity contribution in [3.63, 3.8) is 0 Å². The zero-order valence-corrected chi connectivity index (χ0v) is 8.59. The van der Waals surface area contributed by atoms with Crippen LogP contribution in [0.2, 0.25) is 0 Å². The molecule has 1 heterocycles. The first-order chi connectivity index (χ1) is 6.70. The van der Waals surface area contributed by atoms with E-state index in [1.54, 1.807) is 13.0 Å². The third-order valence-electron chi connectivity index (χ3n) is 1.66. The van der Waals surface area contributed by atoms with Crippen LogP contribution in [0.4, 0.5) is 5.69 Å². The standard InChI is InChI=1S/C9H8N2O2S/c1-6-3-4-10-8(9(12)13-2)7(6)11-5-14/h3-4H,1-2H3. The number of carbonyl (C=O) groups excluding carboxylic acids is 1. The summed E-state index contributed by atoms with van der Waals surface area (Å²) >= 11 is 4.48. The molecule has 0 fully saturated rings. The quantitative estimate of drug-likeness (QED) is 0.423. The summed E-state index contributed by atoms with van der Waals surface area (Å²) in [6.45, 7) is 1.81. The highest BCUT2D eigenvalue weighted by Crippen LogP contribution is 2.21. The predicted molar refractivity (Wildman–Crippen MR) is 55.0 cm³/mol. The fourth-order valence-electron chi connectivity index (χ4n) is 0.983. The van der Waals surface area contributed by atoms with E-state index in [2.05, 4.69) is 32.1 Å². The molecule has 1 aromatic rings. The van der Waals surface area contributed by atoms with E-state index in [4.69, 9.17) is 0 Å². The van der Waals surface area contributed by atoms with Crippen LogP contribution in [-0.4, -0.2) is 23.2 Å². The SMILES string of the molecule is COC(=O)c1nccc(C)c1N=C=S. The summed E-state index contributed by atoms with van der Waals surface area (Å²) in [5, 5.41) is 2.20. The molecule has 0 spiro atoms. The van der Waals surface area contributed by atoms with Crippen molar-refractivity contribution in [3.8, 4) is 0 Å². The van der Waals surface area contributed by atoms with Crippen LogP contribution in [0.5, 0.6) is 0 Å². The summed E-state index contributed by atoms with van der Waals surface area (Å²) in [5.41, 5.74) is 1.37. The second-order valence-corrected chi connectivity index (χ2v) is 2.70. The van der Waals surface area contributed by atoms with Crippen molar-refractivity contribution < 1.29 is 9.53 Å². The van der Waals surface area contributed by atoms with E-state index in [-0.39, 0.29) is 5.69 Å². The Morgan fingerprint density at radius 1 is 1.71 bits per heavy atom. The number of ether oxygens (including phenoxy) is 1. The van der Waals surface area contributed by atoms with Crippen LogP contribution in [0, 0.1) is 6.92 Å². The molecule has 0 saturated carbocycles. The molecule has 0 aromatic carbocycles. The van der Waals surface area contributed by atoms with Crippen molar-refractivity contribution in [3.05, 3.63) is 23.5 Å². The molecular formula is C9H8N2O2S. The van der Waals surface area contributed by atoms with Crippen molar-refractivity contribution in [2.75, 3.05) is 7.11 Å². The van der Waals surface area contributed by atoms with Gasteiger partial charge in [-0.2, -0.15) is 4.99 Å². The van der Waals surface area contributed by atoms with Gasteiger partial charge in [-0.25, -0.2) is 9.78 Å². The number of aromatic nitrogens is 1. The van der Waals surface area contributed by atoms with Gasteiger partial charge in [-0.05, 0) is 30.8 Å². The van der Waals surface area contributed by atoms with E-state index < -0.39 is 5.97 Å². The van der Waals surface area contributed by atoms with Crippen molar-refractivity contribution in [1.29, 1.82) is 0 Å². The highest BCUT2D eigenvalue weighted by Gasteiger charge is 2.14. The Bertz CT molecular complexity index is 411. The second-order valence-electron chi connectivity index (χ2n) is 2.52. The van der Waals surface area contributed by atoms with Crippen LogP contribution < -0.4 is 0 Å². The lowest BCUT2D eigenvalue weighted by Crippen LogP contribution is -2.04. The number of hydrogen-bond acceptors (Lipinski definition) is 5. The molecule has 0 saturated heterocycles. The minimum atomic E-state index is -0.530. The Morgan fingerprint density at radius 2 is 2.43 bits per heavy atom. The molecule has 0 aliphatic rings. The maximum atomic E-state index is 11.3. The van der Waals surface area contributed by atoms with Gasteiger partial charge in [0.2, 0.25) is 0 Å². The Balaban J connectivity index is 3.34. The Morgan fingerprint density at radius 3 is 3.00 bits per heavy atom. The lowest BCUT2D eigenvalue weighted by Gasteiger charge is -2.03. The fourth-order valence-corrected chi connectivity index (χ4v) is 1.07. The van der Waals surface area contributed by atoms with Gasteiger partial charge in [-0.15, -0.1) is 0 Å². The Labute approximate surface area is 86.6 Å². The Hall–Kier alpha value is -1.58. The molecule has 5 heteroatoms. The van der Waals surface area contributed by atoms with Gasteiger partial charge in [-0.1, -0.05) is 0 Å². The van der Waals surface area contributed by atoms with Crippen molar-refractivity contribution in [2.45, 2.75) is 6.92 Å². The first-order valence-electron chi connectivity index (χ1n) is 3.82. The number of aliphatic imine (C=N–C) groups is 1. The number of carbonyl (C=O) groups is 1. The zero-order chi connectivity index (χ0) is 10.6. The Kier molecular flexibility index (Phi) is 3.45. The molecule has 4 nitrogen and oxygen atoms in total. The first kappa shape index (κ1) is 10.5. The molecule has 0 unspecified atom stereocenters. The molecule has 0 bridgehead atoms. The minimum Gasteiger partial charge on any atom is -0.464 e. The molecule has 0 aliphatic heterocycles. The molecular weight excluding hydrogens is 200 g/mol. The van der Waals surface area contributed by atoms with Crippen LogP contribution in [0.25, 0.3) is 0 Å². The van der Waals surface area contributed by atoms with Crippen molar-refractivity contribution >= 4 is 29.0 Å². The number of pyridine rings is 1.